The van der Waals surface area contributed by atoms with Crippen molar-refractivity contribution in [2.75, 3.05) is 19.6 Å². The van der Waals surface area contributed by atoms with Crippen molar-refractivity contribution in [2.24, 2.45) is 11.8 Å². The third-order valence-corrected chi connectivity index (χ3v) is 5.83. The van der Waals surface area contributed by atoms with E-state index in [1.165, 1.54) is 6.07 Å². The number of hydrogen-bond donors (Lipinski definition) is 0. The lowest BCUT2D eigenvalue weighted by Crippen LogP contribution is -2.61. The molecule has 128 valence electrons. The maximum Gasteiger partial charge on any atom is 0.227 e. The Morgan fingerprint density at radius 1 is 1.21 bits per heavy atom. The molecule has 3 heterocycles. The molecule has 3 aliphatic rings. The second-order valence-corrected chi connectivity index (χ2v) is 7.43. The number of rotatable bonds is 2. The van der Waals surface area contributed by atoms with E-state index in [1.807, 2.05) is 4.90 Å². The molecule has 0 saturated carbocycles. The van der Waals surface area contributed by atoms with E-state index in [1.54, 1.807) is 18.2 Å². The normalized spacial score (nSPS) is 29.4. The number of nitrogens with zero attached hydrogens (tertiary/aromatic N) is 2. The summed E-state index contributed by atoms with van der Waals surface area (Å²) in [4.78, 5) is 28.8. The molecule has 4 rings (SSSR count). The predicted molar refractivity (Wildman–Crippen MR) is 87.6 cm³/mol. The Morgan fingerprint density at radius 2 is 2.04 bits per heavy atom. The van der Waals surface area contributed by atoms with Crippen LogP contribution in [0, 0.1) is 17.7 Å². The van der Waals surface area contributed by atoms with Gasteiger partial charge in [0.1, 0.15) is 5.82 Å². The van der Waals surface area contributed by atoms with Crippen molar-refractivity contribution in [3.8, 4) is 0 Å². The molecule has 5 heteroatoms. The Morgan fingerprint density at radius 3 is 2.88 bits per heavy atom. The first-order chi connectivity index (χ1) is 11.6. The Bertz CT molecular complexity index is 663. The molecule has 1 aromatic carbocycles. The molecule has 0 aliphatic carbocycles. The first-order valence-corrected chi connectivity index (χ1v) is 8.92. The van der Waals surface area contributed by atoms with E-state index in [4.69, 9.17) is 0 Å². The van der Waals surface area contributed by atoms with Crippen LogP contribution >= 0.6 is 0 Å². The summed E-state index contributed by atoms with van der Waals surface area (Å²) in [7, 11) is 0. The standard InChI is InChI=1S/C19H23FN2O2/c20-16-5-2-1-4-14(16)9-19(24)21-10-13-8-15(12-21)17-6-3-7-18(23)22(17)11-13/h1-2,4-5,13,15,17H,3,6-12H2/t13-,15-,17-/m1/s1. The quantitative estimate of drug-likeness (QED) is 0.834. The summed E-state index contributed by atoms with van der Waals surface area (Å²) >= 11 is 0. The van der Waals surface area contributed by atoms with E-state index in [2.05, 4.69) is 4.90 Å². The van der Waals surface area contributed by atoms with Gasteiger partial charge in [-0.05, 0) is 42.7 Å². The van der Waals surface area contributed by atoms with Gasteiger partial charge < -0.3 is 9.80 Å². The summed E-state index contributed by atoms with van der Waals surface area (Å²) in [5.74, 6) is 0.725. The first kappa shape index (κ1) is 15.6. The van der Waals surface area contributed by atoms with Gasteiger partial charge in [0, 0.05) is 32.1 Å². The number of hydrogen-bond acceptors (Lipinski definition) is 2. The molecule has 2 amide bonds. The van der Waals surface area contributed by atoms with Crippen LogP contribution in [0.4, 0.5) is 4.39 Å². The molecule has 3 aliphatic heterocycles. The van der Waals surface area contributed by atoms with Gasteiger partial charge in [-0.25, -0.2) is 4.39 Å². The van der Waals surface area contributed by atoms with Crippen LogP contribution in [0.3, 0.4) is 0 Å². The molecule has 1 aromatic rings. The Labute approximate surface area is 141 Å². The molecule has 2 bridgehead atoms. The van der Waals surface area contributed by atoms with Gasteiger partial charge in [-0.2, -0.15) is 0 Å². The lowest BCUT2D eigenvalue weighted by molar-refractivity contribution is -0.148. The number of carbonyl (C=O) groups is 2. The molecule has 24 heavy (non-hydrogen) atoms. The highest BCUT2D eigenvalue weighted by molar-refractivity contribution is 5.79. The fourth-order valence-electron chi connectivity index (χ4n) is 4.73. The maximum atomic E-state index is 13.8. The van der Waals surface area contributed by atoms with E-state index in [0.717, 1.165) is 25.8 Å². The van der Waals surface area contributed by atoms with Crippen LogP contribution in [0.15, 0.2) is 24.3 Å². The monoisotopic (exact) mass is 330 g/mol. The Hall–Kier alpha value is -1.91. The van der Waals surface area contributed by atoms with Crippen molar-refractivity contribution >= 4 is 11.8 Å². The topological polar surface area (TPSA) is 40.6 Å². The number of piperidine rings is 3. The Kier molecular flexibility index (Phi) is 4.02. The molecule has 0 spiro atoms. The van der Waals surface area contributed by atoms with Crippen LogP contribution in [-0.2, 0) is 16.0 Å². The first-order valence-electron chi connectivity index (χ1n) is 8.92. The zero-order chi connectivity index (χ0) is 16.7. The Balaban J connectivity index is 1.46. The second-order valence-electron chi connectivity index (χ2n) is 7.43. The third-order valence-electron chi connectivity index (χ3n) is 5.83. The van der Waals surface area contributed by atoms with Crippen molar-refractivity contribution in [1.82, 2.24) is 9.80 Å². The van der Waals surface area contributed by atoms with Crippen molar-refractivity contribution in [1.29, 1.82) is 0 Å². The van der Waals surface area contributed by atoms with Gasteiger partial charge in [-0.15, -0.1) is 0 Å². The largest absolute Gasteiger partial charge is 0.342 e. The molecule has 0 N–H and O–H groups in total. The van der Waals surface area contributed by atoms with Gasteiger partial charge in [-0.1, -0.05) is 18.2 Å². The van der Waals surface area contributed by atoms with E-state index in [0.29, 0.717) is 43.0 Å². The summed E-state index contributed by atoms with van der Waals surface area (Å²) in [6.07, 6.45) is 3.92. The average Bonchev–Trinajstić information content (AvgIpc) is 2.58. The van der Waals surface area contributed by atoms with Crippen LogP contribution in [0.1, 0.15) is 31.2 Å². The minimum absolute atomic E-state index is 0.00499. The molecule has 3 atom stereocenters. The zero-order valence-electron chi connectivity index (χ0n) is 13.8. The van der Waals surface area contributed by atoms with Gasteiger partial charge in [0.05, 0.1) is 6.42 Å². The van der Waals surface area contributed by atoms with Crippen LogP contribution in [0.25, 0.3) is 0 Å². The van der Waals surface area contributed by atoms with Crippen molar-refractivity contribution in [3.63, 3.8) is 0 Å². The lowest BCUT2D eigenvalue weighted by atomic mass is 9.76. The van der Waals surface area contributed by atoms with E-state index >= 15 is 0 Å². The van der Waals surface area contributed by atoms with Crippen LogP contribution in [-0.4, -0.2) is 47.3 Å². The summed E-state index contributed by atoms with van der Waals surface area (Å²) in [6.45, 7) is 2.18. The highest BCUT2D eigenvalue weighted by Crippen LogP contribution is 2.38. The van der Waals surface area contributed by atoms with Gasteiger partial charge in [0.25, 0.3) is 0 Å². The SMILES string of the molecule is O=C(Cc1ccccc1F)N1C[C@H]2C[C@H](C1)[C@H]1CCCC(=O)N1C2. The third kappa shape index (κ3) is 2.80. The highest BCUT2D eigenvalue weighted by atomic mass is 19.1. The van der Waals surface area contributed by atoms with Gasteiger partial charge in [-0.3, -0.25) is 9.59 Å². The number of benzene rings is 1. The van der Waals surface area contributed by atoms with Crippen LogP contribution in [0.5, 0.6) is 0 Å². The number of fused-ring (bicyclic) bond motifs is 4. The molecule has 4 nitrogen and oxygen atoms in total. The summed E-state index contributed by atoms with van der Waals surface area (Å²) in [6, 6.07) is 6.79. The highest BCUT2D eigenvalue weighted by Gasteiger charge is 2.44. The van der Waals surface area contributed by atoms with E-state index in [-0.39, 0.29) is 24.1 Å². The summed E-state index contributed by atoms with van der Waals surface area (Å²) in [5.41, 5.74) is 0.465. The van der Waals surface area contributed by atoms with Gasteiger partial charge in [0.2, 0.25) is 11.8 Å². The fraction of sp³-hybridized carbons (Fsp3) is 0.579. The predicted octanol–water partition coefficient (Wildman–Crippen LogP) is 2.23. The second kappa shape index (κ2) is 6.19. The van der Waals surface area contributed by atoms with Crippen molar-refractivity contribution < 1.29 is 14.0 Å². The summed E-state index contributed by atoms with van der Waals surface area (Å²) in [5, 5.41) is 0. The van der Waals surface area contributed by atoms with E-state index in [9.17, 15) is 14.0 Å². The zero-order valence-corrected chi connectivity index (χ0v) is 13.8. The number of halogens is 1. The maximum absolute atomic E-state index is 13.8. The molecule has 3 saturated heterocycles. The average molecular weight is 330 g/mol. The van der Waals surface area contributed by atoms with Crippen LogP contribution in [0.2, 0.25) is 0 Å². The van der Waals surface area contributed by atoms with Gasteiger partial charge in [0.15, 0.2) is 0 Å². The van der Waals surface area contributed by atoms with Crippen molar-refractivity contribution in [3.05, 3.63) is 35.6 Å². The molecule has 0 unspecified atom stereocenters. The molecular formula is C19H23FN2O2. The van der Waals surface area contributed by atoms with Crippen LogP contribution < -0.4 is 0 Å². The molecule has 3 fully saturated rings. The lowest BCUT2D eigenvalue weighted by Gasteiger charge is -2.52. The molecule has 0 aromatic heterocycles. The number of likely N-dealkylation sites (tertiary alicyclic amines) is 1. The minimum Gasteiger partial charge on any atom is -0.342 e. The molecular weight excluding hydrogens is 307 g/mol. The fourth-order valence-corrected chi connectivity index (χ4v) is 4.73. The van der Waals surface area contributed by atoms with Crippen molar-refractivity contribution in [2.45, 2.75) is 38.1 Å². The smallest absolute Gasteiger partial charge is 0.227 e. The number of carbonyl (C=O) groups excluding carboxylic acids is 2. The summed E-state index contributed by atoms with van der Waals surface area (Å²) < 4.78 is 13.8. The minimum atomic E-state index is -0.313. The van der Waals surface area contributed by atoms with E-state index < -0.39 is 0 Å². The van der Waals surface area contributed by atoms with Gasteiger partial charge >= 0.3 is 0 Å². The molecule has 0 radical (unpaired) electrons. The number of amides is 2.